The maximum atomic E-state index is 5.40. The third-order valence-corrected chi connectivity index (χ3v) is 1.87. The van der Waals surface area contributed by atoms with Gasteiger partial charge in [0.25, 0.3) is 0 Å². The van der Waals surface area contributed by atoms with E-state index in [4.69, 9.17) is 11.8 Å². The van der Waals surface area contributed by atoms with Crippen molar-refractivity contribution in [1.82, 2.24) is 15.0 Å². The van der Waals surface area contributed by atoms with Crippen molar-refractivity contribution in [3.8, 4) is 11.3 Å². The molecule has 2 aromatic heterocycles. The number of halogens is 1. The quantitative estimate of drug-likeness (QED) is 0.765. The van der Waals surface area contributed by atoms with Gasteiger partial charge in [-0.15, -0.1) is 0 Å². The van der Waals surface area contributed by atoms with Crippen molar-refractivity contribution in [2.45, 2.75) is 0 Å². The maximum Gasteiger partial charge on any atom is 0.238 e. The fourth-order valence-corrected chi connectivity index (χ4v) is 1.17. The lowest BCUT2D eigenvalue weighted by Crippen LogP contribution is -1.92. The fourth-order valence-electron chi connectivity index (χ4n) is 1.08. The number of aromatic nitrogens is 3. The Morgan fingerprint density at radius 1 is 1.21 bits per heavy atom. The summed E-state index contributed by atoms with van der Waals surface area (Å²) in [5, 5.41) is 0. The van der Waals surface area contributed by atoms with Crippen LogP contribution in [-0.4, -0.2) is 15.0 Å². The highest BCUT2D eigenvalue weighted by atomic mass is 35.5. The van der Waals surface area contributed by atoms with Gasteiger partial charge in [0.2, 0.25) is 5.95 Å². The molecule has 0 aliphatic heterocycles. The number of rotatable bonds is 2. The van der Waals surface area contributed by atoms with Crippen LogP contribution in [0.1, 0.15) is 0 Å². The Morgan fingerprint density at radius 3 is 2.86 bits per heavy atom. The van der Waals surface area contributed by atoms with E-state index in [1.807, 2.05) is 12.1 Å². The first-order chi connectivity index (χ1) is 6.90. The molecular weight excluding hydrogens is 200 g/mol. The molecule has 0 saturated carbocycles. The third kappa shape index (κ3) is 1.80. The molecule has 0 bridgehead atoms. The Morgan fingerprint density at radius 2 is 2.14 bits per heavy atom. The molecule has 2 aromatic rings. The zero-order valence-electron chi connectivity index (χ0n) is 7.18. The first-order valence-corrected chi connectivity index (χ1v) is 4.38. The Kier molecular flexibility index (Phi) is 2.55. The van der Waals surface area contributed by atoms with E-state index in [1.54, 1.807) is 24.7 Å². The number of anilines is 1. The highest BCUT2D eigenvalue weighted by Gasteiger charge is 2.00. The second-order valence-electron chi connectivity index (χ2n) is 2.60. The number of hydrogen-bond acceptors (Lipinski definition) is 4. The van der Waals surface area contributed by atoms with E-state index in [0.29, 0.717) is 5.95 Å². The molecule has 0 aliphatic rings. The predicted octanol–water partition coefficient (Wildman–Crippen LogP) is 2.10. The molecular formula is C9H7ClN4. The number of nitrogens with zero attached hydrogens (tertiary/aromatic N) is 3. The van der Waals surface area contributed by atoms with Crippen molar-refractivity contribution >= 4 is 17.7 Å². The van der Waals surface area contributed by atoms with Crippen LogP contribution in [0.3, 0.4) is 0 Å². The van der Waals surface area contributed by atoms with Crippen LogP contribution in [0, 0.1) is 0 Å². The van der Waals surface area contributed by atoms with Gasteiger partial charge in [0.1, 0.15) is 0 Å². The van der Waals surface area contributed by atoms with Crippen LogP contribution in [0.25, 0.3) is 11.3 Å². The maximum absolute atomic E-state index is 5.40. The molecule has 0 radical (unpaired) electrons. The van der Waals surface area contributed by atoms with Crippen molar-refractivity contribution in [1.29, 1.82) is 0 Å². The number of nitrogens with one attached hydrogen (secondary N) is 1. The first-order valence-electron chi connectivity index (χ1n) is 4.00. The van der Waals surface area contributed by atoms with E-state index in [1.165, 1.54) is 0 Å². The molecule has 0 unspecified atom stereocenters. The standard InChI is InChI=1S/C9H7ClN4/c10-14-9-12-5-3-8(13-9)7-2-1-4-11-6-7/h1-6H,(H,12,13,14). The van der Waals surface area contributed by atoms with Gasteiger partial charge in [-0.05, 0) is 18.2 Å². The summed E-state index contributed by atoms with van der Waals surface area (Å²) < 4.78 is 0. The molecule has 70 valence electrons. The normalized spacial score (nSPS) is 9.79. The van der Waals surface area contributed by atoms with E-state index < -0.39 is 0 Å². The Bertz CT molecular complexity index is 418. The SMILES string of the molecule is ClNc1nccc(-c2cccnc2)n1. The zero-order chi connectivity index (χ0) is 9.80. The largest absolute Gasteiger partial charge is 0.266 e. The monoisotopic (exact) mass is 206 g/mol. The summed E-state index contributed by atoms with van der Waals surface area (Å²) in [5.74, 6) is 0.382. The van der Waals surface area contributed by atoms with Crippen LogP contribution in [-0.2, 0) is 0 Å². The average Bonchev–Trinajstić information content (AvgIpc) is 2.30. The highest BCUT2D eigenvalue weighted by Crippen LogP contribution is 2.15. The van der Waals surface area contributed by atoms with Gasteiger partial charge in [-0.1, -0.05) is 0 Å². The van der Waals surface area contributed by atoms with E-state index in [9.17, 15) is 0 Å². The Balaban J connectivity index is 2.42. The van der Waals surface area contributed by atoms with E-state index in [0.717, 1.165) is 11.3 Å². The van der Waals surface area contributed by atoms with Crippen LogP contribution in [0.5, 0.6) is 0 Å². The molecule has 0 saturated heterocycles. The summed E-state index contributed by atoms with van der Waals surface area (Å²) in [5.41, 5.74) is 1.72. The van der Waals surface area contributed by atoms with Crippen LogP contribution < -0.4 is 4.84 Å². The van der Waals surface area contributed by atoms with Crippen molar-refractivity contribution < 1.29 is 0 Å². The lowest BCUT2D eigenvalue weighted by atomic mass is 10.2. The molecule has 2 heterocycles. The van der Waals surface area contributed by atoms with Gasteiger partial charge in [0.15, 0.2) is 0 Å². The molecule has 14 heavy (non-hydrogen) atoms. The topological polar surface area (TPSA) is 50.7 Å². The summed E-state index contributed by atoms with van der Waals surface area (Å²) in [6, 6.07) is 5.58. The van der Waals surface area contributed by atoms with Crippen LogP contribution >= 0.6 is 11.8 Å². The third-order valence-electron chi connectivity index (χ3n) is 1.70. The minimum absolute atomic E-state index is 0.382. The van der Waals surface area contributed by atoms with E-state index >= 15 is 0 Å². The number of pyridine rings is 1. The van der Waals surface area contributed by atoms with E-state index in [-0.39, 0.29) is 0 Å². The van der Waals surface area contributed by atoms with Crippen LogP contribution in [0.2, 0.25) is 0 Å². The van der Waals surface area contributed by atoms with Crippen LogP contribution in [0.15, 0.2) is 36.8 Å². The Labute approximate surface area is 86.1 Å². The second-order valence-corrected chi connectivity index (χ2v) is 2.79. The van der Waals surface area contributed by atoms with Gasteiger partial charge < -0.3 is 0 Å². The van der Waals surface area contributed by atoms with Gasteiger partial charge in [-0.2, -0.15) is 0 Å². The minimum atomic E-state index is 0.382. The zero-order valence-corrected chi connectivity index (χ0v) is 7.94. The van der Waals surface area contributed by atoms with Crippen molar-refractivity contribution in [3.05, 3.63) is 36.8 Å². The van der Waals surface area contributed by atoms with Gasteiger partial charge in [0, 0.05) is 35.9 Å². The van der Waals surface area contributed by atoms with Crippen molar-refractivity contribution in [2.24, 2.45) is 0 Å². The van der Waals surface area contributed by atoms with Gasteiger partial charge in [-0.25, -0.2) is 9.97 Å². The van der Waals surface area contributed by atoms with Gasteiger partial charge >= 0.3 is 0 Å². The molecule has 0 spiro atoms. The average molecular weight is 207 g/mol. The fraction of sp³-hybridized carbons (Fsp3) is 0. The van der Waals surface area contributed by atoms with Crippen molar-refractivity contribution in [3.63, 3.8) is 0 Å². The molecule has 5 heteroatoms. The van der Waals surface area contributed by atoms with E-state index in [2.05, 4.69) is 19.8 Å². The summed E-state index contributed by atoms with van der Waals surface area (Å²) in [6.07, 6.45) is 5.09. The lowest BCUT2D eigenvalue weighted by molar-refractivity contribution is 1.18. The van der Waals surface area contributed by atoms with Gasteiger partial charge in [-0.3, -0.25) is 9.82 Å². The number of hydrogen-bond donors (Lipinski definition) is 1. The molecule has 1 N–H and O–H groups in total. The summed E-state index contributed by atoms with van der Waals surface area (Å²) >= 11 is 5.40. The molecule has 4 nitrogen and oxygen atoms in total. The van der Waals surface area contributed by atoms with Crippen LogP contribution in [0.4, 0.5) is 5.95 Å². The smallest absolute Gasteiger partial charge is 0.238 e. The molecule has 2 rings (SSSR count). The highest BCUT2D eigenvalue weighted by molar-refractivity contribution is 6.23. The molecule has 0 aromatic carbocycles. The lowest BCUT2D eigenvalue weighted by Gasteiger charge is -2.00. The summed E-state index contributed by atoms with van der Waals surface area (Å²) in [7, 11) is 0. The van der Waals surface area contributed by atoms with Crippen molar-refractivity contribution in [2.75, 3.05) is 4.84 Å². The van der Waals surface area contributed by atoms with Gasteiger partial charge in [0.05, 0.1) is 5.69 Å². The molecule has 0 fully saturated rings. The summed E-state index contributed by atoms with van der Waals surface area (Å²) in [6.45, 7) is 0. The predicted molar refractivity (Wildman–Crippen MR) is 54.7 cm³/mol. The first kappa shape index (κ1) is 8.90. The molecule has 0 aliphatic carbocycles. The summed E-state index contributed by atoms with van der Waals surface area (Å²) in [4.78, 5) is 14.4. The second kappa shape index (κ2) is 4.02. The minimum Gasteiger partial charge on any atom is -0.266 e. The molecule has 0 amide bonds. The Hall–Kier alpha value is -1.68. The molecule has 0 atom stereocenters.